The molecule has 7 heteroatoms. The van der Waals surface area contributed by atoms with E-state index in [0.29, 0.717) is 10.9 Å². The molecule has 0 fully saturated rings. The summed E-state index contributed by atoms with van der Waals surface area (Å²) < 4.78 is 27.5. The predicted molar refractivity (Wildman–Crippen MR) is 75.1 cm³/mol. The molecule has 2 aromatic rings. The van der Waals surface area contributed by atoms with Gasteiger partial charge >= 0.3 is 0 Å². The maximum absolute atomic E-state index is 13.9. The number of thioether (sulfide) groups is 1. The van der Waals surface area contributed by atoms with Crippen molar-refractivity contribution in [3.63, 3.8) is 0 Å². The Bertz CT molecular complexity index is 681. The van der Waals surface area contributed by atoms with Gasteiger partial charge in [0.05, 0.1) is 15.7 Å². The summed E-state index contributed by atoms with van der Waals surface area (Å²) in [6.07, 6.45) is 0. The standard InChI is InChI=1S/C12H6BrClF2N2S/c13-7-2-8(15)5(1-9(7)16)12-17-10-4-19-3-6(10)11(14)18-12/h1-2H,3-4H2. The topological polar surface area (TPSA) is 25.8 Å². The number of fused-ring (bicyclic) bond motifs is 1. The Kier molecular flexibility index (Phi) is 3.49. The van der Waals surface area contributed by atoms with Crippen LogP contribution >= 0.6 is 39.3 Å². The fourth-order valence-corrected chi connectivity index (χ4v) is 3.52. The minimum absolute atomic E-state index is 0.0160. The molecule has 0 aliphatic carbocycles. The highest BCUT2D eigenvalue weighted by molar-refractivity contribution is 9.10. The van der Waals surface area contributed by atoms with Crippen LogP contribution in [0.15, 0.2) is 16.6 Å². The summed E-state index contributed by atoms with van der Waals surface area (Å²) in [6.45, 7) is 0. The van der Waals surface area contributed by atoms with Gasteiger partial charge in [-0.15, -0.1) is 0 Å². The quantitative estimate of drug-likeness (QED) is 0.548. The van der Waals surface area contributed by atoms with E-state index in [1.807, 2.05) is 0 Å². The molecule has 0 saturated heterocycles. The molecule has 0 amide bonds. The number of benzene rings is 1. The Hall–Kier alpha value is -0.720. The lowest BCUT2D eigenvalue weighted by atomic mass is 10.1. The third kappa shape index (κ3) is 2.37. The van der Waals surface area contributed by atoms with Gasteiger partial charge in [-0.1, -0.05) is 11.6 Å². The second kappa shape index (κ2) is 5.00. The summed E-state index contributed by atoms with van der Waals surface area (Å²) in [6, 6.07) is 2.13. The van der Waals surface area contributed by atoms with Gasteiger partial charge < -0.3 is 0 Å². The van der Waals surface area contributed by atoms with E-state index in [1.54, 1.807) is 11.8 Å². The molecule has 1 aliphatic rings. The van der Waals surface area contributed by atoms with Crippen LogP contribution < -0.4 is 0 Å². The van der Waals surface area contributed by atoms with Crippen LogP contribution in [0, 0.1) is 11.6 Å². The van der Waals surface area contributed by atoms with Crippen molar-refractivity contribution in [2.24, 2.45) is 0 Å². The van der Waals surface area contributed by atoms with Crippen molar-refractivity contribution >= 4 is 39.3 Å². The van der Waals surface area contributed by atoms with Crippen LogP contribution in [0.1, 0.15) is 11.3 Å². The van der Waals surface area contributed by atoms with Crippen LogP contribution in [-0.2, 0) is 11.5 Å². The van der Waals surface area contributed by atoms with Gasteiger partial charge in [0.2, 0.25) is 0 Å². The minimum atomic E-state index is -0.588. The monoisotopic (exact) mass is 362 g/mol. The van der Waals surface area contributed by atoms with Gasteiger partial charge in [0, 0.05) is 17.1 Å². The largest absolute Gasteiger partial charge is 0.232 e. The van der Waals surface area contributed by atoms with E-state index < -0.39 is 11.6 Å². The fourth-order valence-electron chi connectivity index (χ4n) is 1.83. The van der Waals surface area contributed by atoms with Gasteiger partial charge in [0.15, 0.2) is 5.82 Å². The molecular formula is C12H6BrClF2N2S. The lowest BCUT2D eigenvalue weighted by molar-refractivity contribution is 0.596. The van der Waals surface area contributed by atoms with Crippen LogP contribution in [0.2, 0.25) is 5.15 Å². The van der Waals surface area contributed by atoms with Gasteiger partial charge in [0.25, 0.3) is 0 Å². The summed E-state index contributed by atoms with van der Waals surface area (Å²) in [5.41, 5.74) is 1.69. The van der Waals surface area contributed by atoms with Gasteiger partial charge in [-0.25, -0.2) is 18.7 Å². The number of hydrogen-bond donors (Lipinski definition) is 0. The molecule has 0 bridgehead atoms. The van der Waals surface area contributed by atoms with Crippen LogP contribution in [0.25, 0.3) is 11.4 Å². The van der Waals surface area contributed by atoms with Crippen LogP contribution in [-0.4, -0.2) is 9.97 Å². The second-order valence-corrected chi connectivity index (χ2v) is 6.20. The minimum Gasteiger partial charge on any atom is -0.232 e. The molecule has 0 unspecified atom stereocenters. The molecule has 0 saturated carbocycles. The maximum Gasteiger partial charge on any atom is 0.164 e. The SMILES string of the molecule is Fc1cc(-c2nc(Cl)c3c(n2)CSC3)c(F)cc1Br. The molecule has 1 aliphatic heterocycles. The summed E-state index contributed by atoms with van der Waals surface area (Å²) in [7, 11) is 0. The van der Waals surface area contributed by atoms with E-state index in [2.05, 4.69) is 25.9 Å². The average Bonchev–Trinajstić information content (AvgIpc) is 2.82. The molecule has 3 rings (SSSR count). The van der Waals surface area contributed by atoms with Gasteiger partial charge in [0.1, 0.15) is 16.8 Å². The molecule has 1 aromatic carbocycles. The first-order chi connectivity index (χ1) is 9.06. The van der Waals surface area contributed by atoms with Crippen molar-refractivity contribution in [3.8, 4) is 11.4 Å². The van der Waals surface area contributed by atoms with E-state index in [4.69, 9.17) is 11.6 Å². The summed E-state index contributed by atoms with van der Waals surface area (Å²) in [5.74, 6) is 0.438. The third-order valence-corrected chi connectivity index (χ3v) is 4.67. The lowest BCUT2D eigenvalue weighted by Crippen LogP contribution is -1.99. The van der Waals surface area contributed by atoms with Crippen molar-refractivity contribution in [2.75, 3.05) is 0 Å². The smallest absolute Gasteiger partial charge is 0.164 e. The first-order valence-electron chi connectivity index (χ1n) is 5.34. The number of hydrogen-bond acceptors (Lipinski definition) is 3. The Balaban J connectivity index is 2.18. The second-order valence-electron chi connectivity index (χ2n) is 4.00. The highest BCUT2D eigenvalue weighted by atomic mass is 79.9. The molecule has 0 atom stereocenters. The first-order valence-corrected chi connectivity index (χ1v) is 7.67. The highest BCUT2D eigenvalue weighted by Crippen LogP contribution is 2.35. The van der Waals surface area contributed by atoms with Crippen LogP contribution in [0.4, 0.5) is 8.78 Å². The van der Waals surface area contributed by atoms with Crippen LogP contribution in [0.5, 0.6) is 0 Å². The zero-order valence-electron chi connectivity index (χ0n) is 9.38. The van der Waals surface area contributed by atoms with Gasteiger partial charge in [-0.3, -0.25) is 0 Å². The average molecular weight is 364 g/mol. The Morgan fingerprint density at radius 2 is 1.95 bits per heavy atom. The molecular weight excluding hydrogens is 358 g/mol. The number of halogens is 4. The van der Waals surface area contributed by atoms with Crippen molar-refractivity contribution < 1.29 is 8.78 Å². The fraction of sp³-hybridized carbons (Fsp3) is 0.167. The molecule has 0 spiro atoms. The molecule has 0 radical (unpaired) electrons. The summed E-state index contributed by atoms with van der Waals surface area (Å²) in [4.78, 5) is 8.34. The molecule has 2 nitrogen and oxygen atoms in total. The lowest BCUT2D eigenvalue weighted by Gasteiger charge is -2.07. The van der Waals surface area contributed by atoms with Crippen molar-refractivity contribution in [1.29, 1.82) is 0 Å². The predicted octanol–water partition coefficient (Wildman–Crippen LogP) is 4.58. The Morgan fingerprint density at radius 1 is 1.16 bits per heavy atom. The molecule has 0 N–H and O–H groups in total. The summed E-state index contributed by atoms with van der Waals surface area (Å²) in [5, 5.41) is 0.313. The van der Waals surface area contributed by atoms with Gasteiger partial charge in [-0.05, 0) is 28.1 Å². The van der Waals surface area contributed by atoms with E-state index in [0.717, 1.165) is 29.1 Å². The van der Waals surface area contributed by atoms with E-state index in [9.17, 15) is 8.78 Å². The molecule has 1 aromatic heterocycles. The Morgan fingerprint density at radius 3 is 2.74 bits per heavy atom. The molecule has 19 heavy (non-hydrogen) atoms. The van der Waals surface area contributed by atoms with Gasteiger partial charge in [-0.2, -0.15) is 11.8 Å². The van der Waals surface area contributed by atoms with Crippen molar-refractivity contribution in [2.45, 2.75) is 11.5 Å². The number of aromatic nitrogens is 2. The van der Waals surface area contributed by atoms with Crippen molar-refractivity contribution in [1.82, 2.24) is 9.97 Å². The highest BCUT2D eigenvalue weighted by Gasteiger charge is 2.21. The third-order valence-electron chi connectivity index (χ3n) is 2.78. The zero-order chi connectivity index (χ0) is 13.6. The zero-order valence-corrected chi connectivity index (χ0v) is 12.5. The molecule has 2 heterocycles. The first kappa shape index (κ1) is 13.3. The van der Waals surface area contributed by atoms with E-state index in [1.165, 1.54) is 0 Å². The normalized spacial score (nSPS) is 13.7. The molecule has 98 valence electrons. The van der Waals surface area contributed by atoms with Crippen molar-refractivity contribution in [3.05, 3.63) is 44.7 Å². The maximum atomic E-state index is 13.9. The Labute approximate surface area is 125 Å². The van der Waals surface area contributed by atoms with Crippen LogP contribution in [0.3, 0.4) is 0 Å². The summed E-state index contributed by atoms with van der Waals surface area (Å²) >= 11 is 10.7. The van der Waals surface area contributed by atoms with E-state index in [-0.39, 0.29) is 15.9 Å². The van der Waals surface area contributed by atoms with E-state index >= 15 is 0 Å². The number of nitrogens with zero attached hydrogens (tertiary/aromatic N) is 2. The number of rotatable bonds is 1.